The number of hydrogen-bond acceptors (Lipinski definition) is 2. The van der Waals surface area contributed by atoms with Crippen molar-refractivity contribution < 1.29 is 40.8 Å². The second-order valence-electron chi connectivity index (χ2n) is 0.716. The minimum absolute atomic E-state index is 0. The van der Waals surface area contributed by atoms with Crippen LogP contribution in [0.5, 0.6) is 0 Å². The maximum absolute atomic E-state index is 7.94. The van der Waals surface area contributed by atoms with Crippen LogP contribution in [-0.4, -0.2) is 25.4 Å². The van der Waals surface area contributed by atoms with E-state index < -0.39 is 0 Å². The molecule has 0 spiro atoms. The zero-order valence-electron chi connectivity index (χ0n) is 5.27. The van der Waals surface area contributed by atoms with Crippen LogP contribution < -0.4 is 29.6 Å². The summed E-state index contributed by atoms with van der Waals surface area (Å²) in [5, 5.41) is 7.94. The predicted octanol–water partition coefficient (Wildman–Crippen LogP) is -3.26. The van der Waals surface area contributed by atoms with Crippen LogP contribution in [0.2, 0.25) is 0 Å². The van der Waals surface area contributed by atoms with Crippen LogP contribution in [0, 0.1) is 0 Å². The zero-order valence-corrected chi connectivity index (χ0v) is 6.27. The summed E-state index contributed by atoms with van der Waals surface area (Å²) in [5.41, 5.74) is 0. The van der Waals surface area contributed by atoms with Crippen molar-refractivity contribution in [2.45, 2.75) is 0 Å². The fourth-order valence-corrected chi connectivity index (χ4v) is 0.0913. The third-order valence-corrected chi connectivity index (χ3v) is 0.295. The molecule has 1 N–H and O–H groups in total. The van der Waals surface area contributed by atoms with Crippen LogP contribution in [0.15, 0.2) is 0 Å². The predicted molar refractivity (Wildman–Crippen MR) is 20.1 cm³/mol. The van der Waals surface area contributed by atoms with Crippen LogP contribution in [0.25, 0.3) is 0 Å². The molecule has 0 unspecified atom stereocenters. The van der Waals surface area contributed by atoms with Crippen molar-refractivity contribution >= 4 is 0 Å². The van der Waals surface area contributed by atoms with Crippen molar-refractivity contribution in [1.29, 1.82) is 0 Å². The number of ether oxygens (including phenoxy) is 1. The topological polar surface area (TPSA) is 29.5 Å². The monoisotopic (exact) mass is 100 g/mol. The summed E-state index contributed by atoms with van der Waals surface area (Å²) in [4.78, 5) is 0. The minimum atomic E-state index is 0. The molecule has 0 aromatic rings. The molecule has 0 radical (unpaired) electrons. The maximum atomic E-state index is 7.94. The summed E-state index contributed by atoms with van der Waals surface area (Å²) in [6.45, 7) is 0.566. The summed E-state index contributed by atoms with van der Waals surface area (Å²) >= 11 is 0. The van der Waals surface area contributed by atoms with Gasteiger partial charge in [-0.1, -0.05) is 0 Å². The van der Waals surface area contributed by atoms with Crippen LogP contribution in [0.1, 0.15) is 1.43 Å². The molecule has 0 aliphatic heterocycles. The molecule has 6 heavy (non-hydrogen) atoms. The standard InChI is InChI=1S/C3H8O2.Na.H/c1-5-3-2-4;;/h4H,2-3H2,1H3;;/q;+1;-1. The van der Waals surface area contributed by atoms with Crippen molar-refractivity contribution in [1.82, 2.24) is 0 Å². The molecule has 0 rings (SSSR count). The second kappa shape index (κ2) is 9.33. The molecule has 0 saturated carbocycles. The number of hydrogen-bond donors (Lipinski definition) is 1. The van der Waals surface area contributed by atoms with E-state index >= 15 is 0 Å². The van der Waals surface area contributed by atoms with Crippen LogP contribution in [-0.2, 0) is 4.74 Å². The summed E-state index contributed by atoms with van der Waals surface area (Å²) in [6, 6.07) is 0. The van der Waals surface area contributed by atoms with Gasteiger partial charge < -0.3 is 11.3 Å². The van der Waals surface area contributed by atoms with Gasteiger partial charge in [0.05, 0.1) is 13.2 Å². The molecule has 0 fully saturated rings. The second-order valence-corrected chi connectivity index (χ2v) is 0.716. The fourth-order valence-electron chi connectivity index (χ4n) is 0.0913. The van der Waals surface area contributed by atoms with Crippen LogP contribution in [0.3, 0.4) is 0 Å². The maximum Gasteiger partial charge on any atom is 1.00 e. The SMILES string of the molecule is COCCO.[H-].[Na+]. The summed E-state index contributed by atoms with van der Waals surface area (Å²) < 4.78 is 4.44. The Kier molecular flexibility index (Phi) is 15.6. The van der Waals surface area contributed by atoms with Crippen molar-refractivity contribution in [3.8, 4) is 0 Å². The largest absolute Gasteiger partial charge is 1.00 e. The molecular weight excluding hydrogens is 91.0 g/mol. The van der Waals surface area contributed by atoms with Crippen LogP contribution in [0.4, 0.5) is 0 Å². The van der Waals surface area contributed by atoms with Crippen molar-refractivity contribution in [2.75, 3.05) is 20.3 Å². The first-order chi connectivity index (χ1) is 2.41. The van der Waals surface area contributed by atoms with Crippen molar-refractivity contribution in [3.63, 3.8) is 0 Å². The Bertz CT molecular complexity index is 20.4. The Labute approximate surface area is 61.3 Å². The number of aliphatic hydroxyl groups is 1. The van der Waals surface area contributed by atoms with E-state index in [9.17, 15) is 0 Å². The van der Waals surface area contributed by atoms with E-state index in [1.54, 1.807) is 7.11 Å². The number of aliphatic hydroxyl groups excluding tert-OH is 1. The van der Waals surface area contributed by atoms with Crippen molar-refractivity contribution in [2.24, 2.45) is 0 Å². The normalized spacial score (nSPS) is 7.00. The van der Waals surface area contributed by atoms with Gasteiger partial charge in [-0.05, 0) is 0 Å². The van der Waals surface area contributed by atoms with Gasteiger partial charge in [0, 0.05) is 7.11 Å². The van der Waals surface area contributed by atoms with E-state index in [1.165, 1.54) is 0 Å². The van der Waals surface area contributed by atoms with Gasteiger partial charge in [-0.25, -0.2) is 0 Å². The Morgan fingerprint density at radius 2 is 2.33 bits per heavy atom. The molecule has 0 saturated heterocycles. The van der Waals surface area contributed by atoms with Gasteiger partial charge in [-0.3, -0.25) is 0 Å². The quantitative estimate of drug-likeness (QED) is 0.369. The van der Waals surface area contributed by atoms with E-state index in [-0.39, 0.29) is 37.6 Å². The van der Waals surface area contributed by atoms with Gasteiger partial charge in [0.25, 0.3) is 0 Å². The average Bonchev–Trinajstić information content (AvgIpc) is 1.41. The third kappa shape index (κ3) is 8.87. The molecule has 0 atom stereocenters. The number of rotatable bonds is 2. The van der Waals surface area contributed by atoms with Crippen LogP contribution >= 0.6 is 0 Å². The molecule has 0 bridgehead atoms. The Morgan fingerprint density at radius 3 is 2.33 bits per heavy atom. The third-order valence-electron chi connectivity index (χ3n) is 0.295. The first-order valence-electron chi connectivity index (χ1n) is 1.51. The van der Waals surface area contributed by atoms with E-state index in [1.807, 2.05) is 0 Å². The van der Waals surface area contributed by atoms with Crippen molar-refractivity contribution in [3.05, 3.63) is 0 Å². The van der Waals surface area contributed by atoms with E-state index in [0.717, 1.165) is 0 Å². The molecule has 0 aliphatic rings. The van der Waals surface area contributed by atoms with Gasteiger partial charge in [0.2, 0.25) is 0 Å². The number of methoxy groups -OCH3 is 1. The van der Waals surface area contributed by atoms with Gasteiger partial charge in [0.1, 0.15) is 0 Å². The Morgan fingerprint density at radius 1 is 1.83 bits per heavy atom. The van der Waals surface area contributed by atoms with Gasteiger partial charge >= 0.3 is 29.6 Å². The van der Waals surface area contributed by atoms with Gasteiger partial charge in [-0.2, -0.15) is 0 Å². The molecule has 0 aromatic carbocycles. The molecule has 0 amide bonds. The summed E-state index contributed by atoms with van der Waals surface area (Å²) in [6.07, 6.45) is 0. The Balaban J connectivity index is -0.0000000800. The summed E-state index contributed by atoms with van der Waals surface area (Å²) in [7, 11) is 1.55. The van der Waals surface area contributed by atoms with Gasteiger partial charge in [-0.15, -0.1) is 0 Å². The first kappa shape index (κ1) is 10.0. The Hall–Kier alpha value is 0.920. The molecule has 0 aromatic heterocycles. The van der Waals surface area contributed by atoms with E-state index in [4.69, 9.17) is 5.11 Å². The van der Waals surface area contributed by atoms with E-state index in [0.29, 0.717) is 6.61 Å². The minimum Gasteiger partial charge on any atom is -1.00 e. The molecular formula is C3H9NaO2. The molecule has 34 valence electrons. The fraction of sp³-hybridized carbons (Fsp3) is 1.00. The van der Waals surface area contributed by atoms with Gasteiger partial charge in [0.15, 0.2) is 0 Å². The average molecular weight is 100 g/mol. The molecule has 0 heterocycles. The molecule has 2 nitrogen and oxygen atoms in total. The smallest absolute Gasteiger partial charge is 1.00 e. The first-order valence-corrected chi connectivity index (χ1v) is 1.51. The molecule has 0 aliphatic carbocycles. The van der Waals surface area contributed by atoms with E-state index in [2.05, 4.69) is 4.74 Å². The summed E-state index contributed by atoms with van der Waals surface area (Å²) in [5.74, 6) is 0. The molecule has 3 heteroatoms. The zero-order chi connectivity index (χ0) is 4.12.